The summed E-state index contributed by atoms with van der Waals surface area (Å²) in [6.45, 7) is 1.10. The van der Waals surface area contributed by atoms with Crippen LogP contribution in [0.1, 0.15) is 47.6 Å². The Kier molecular flexibility index (Phi) is 7.83. The summed E-state index contributed by atoms with van der Waals surface area (Å²) in [5, 5.41) is 12.1. The minimum absolute atomic E-state index is 0.0534. The highest BCUT2D eigenvalue weighted by Crippen LogP contribution is 2.37. The maximum Gasteiger partial charge on any atom is 0.416 e. The molecule has 3 aromatic rings. The fourth-order valence-electron chi connectivity index (χ4n) is 4.26. The molecule has 0 bridgehead atoms. The zero-order valence-corrected chi connectivity index (χ0v) is 19.3. The molecule has 2 aromatic carbocycles. The standard InChI is InChI=1S/C26H25F4N3O3/c27-22-14-32-25(16-4-6-19(7-5-16)26(28,29)30)33-23(22)15-31-10-1-11-36-20-8-9-21-17(12-20)2-3-18(21)13-24(34)35/h4-9,12,14,18,31H,1-3,10-11,13,15H2,(H,34,35)/t18-/m0/s1. The number of nitrogens with zero attached hydrogens (tertiary/aromatic N) is 2. The number of nitrogens with one attached hydrogen (secondary N) is 1. The second kappa shape index (κ2) is 11.0. The molecule has 0 amide bonds. The highest BCUT2D eigenvalue weighted by Gasteiger charge is 2.30. The first-order valence-corrected chi connectivity index (χ1v) is 11.6. The van der Waals surface area contributed by atoms with Gasteiger partial charge in [0, 0.05) is 12.1 Å². The summed E-state index contributed by atoms with van der Waals surface area (Å²) in [6.07, 6.45) is -0.976. The van der Waals surface area contributed by atoms with Crippen molar-refractivity contribution >= 4 is 5.97 Å². The van der Waals surface area contributed by atoms with Crippen LogP contribution in [0.5, 0.6) is 5.75 Å². The number of alkyl halides is 3. The van der Waals surface area contributed by atoms with Crippen LogP contribution in [0.4, 0.5) is 17.6 Å². The molecular weight excluding hydrogens is 478 g/mol. The van der Waals surface area contributed by atoms with Gasteiger partial charge in [-0.1, -0.05) is 18.2 Å². The monoisotopic (exact) mass is 503 g/mol. The lowest BCUT2D eigenvalue weighted by Crippen LogP contribution is -2.19. The molecule has 1 aromatic heterocycles. The molecule has 0 spiro atoms. The molecule has 4 rings (SSSR count). The largest absolute Gasteiger partial charge is 0.494 e. The van der Waals surface area contributed by atoms with E-state index in [2.05, 4.69) is 15.3 Å². The van der Waals surface area contributed by atoms with Crippen LogP contribution in [0, 0.1) is 5.82 Å². The molecule has 36 heavy (non-hydrogen) atoms. The molecule has 0 unspecified atom stereocenters. The van der Waals surface area contributed by atoms with Gasteiger partial charge in [-0.3, -0.25) is 4.79 Å². The van der Waals surface area contributed by atoms with Gasteiger partial charge in [-0.2, -0.15) is 13.2 Å². The predicted octanol–water partition coefficient (Wildman–Crippen LogP) is 5.36. The Bertz CT molecular complexity index is 1220. The van der Waals surface area contributed by atoms with Crippen molar-refractivity contribution in [2.24, 2.45) is 0 Å². The Morgan fingerprint density at radius 2 is 1.94 bits per heavy atom. The molecule has 0 saturated heterocycles. The van der Waals surface area contributed by atoms with Crippen LogP contribution >= 0.6 is 0 Å². The van der Waals surface area contributed by atoms with Crippen LogP contribution in [0.2, 0.25) is 0 Å². The van der Waals surface area contributed by atoms with Gasteiger partial charge in [0.2, 0.25) is 0 Å². The van der Waals surface area contributed by atoms with Gasteiger partial charge in [0.1, 0.15) is 5.75 Å². The molecule has 2 N–H and O–H groups in total. The van der Waals surface area contributed by atoms with Crippen molar-refractivity contribution in [2.75, 3.05) is 13.2 Å². The lowest BCUT2D eigenvalue weighted by atomic mass is 9.98. The number of carbonyl (C=O) groups is 1. The molecule has 6 nitrogen and oxygen atoms in total. The highest BCUT2D eigenvalue weighted by molar-refractivity contribution is 5.68. The normalized spacial score (nSPS) is 15.1. The summed E-state index contributed by atoms with van der Waals surface area (Å²) in [5.74, 6) is -0.468. The molecule has 0 aliphatic heterocycles. The number of carboxylic acid groups (broad SMARTS) is 1. The number of benzene rings is 2. The van der Waals surface area contributed by atoms with Crippen molar-refractivity contribution in [2.45, 2.75) is 44.3 Å². The van der Waals surface area contributed by atoms with Gasteiger partial charge in [0.15, 0.2) is 11.6 Å². The molecule has 190 valence electrons. The second-order valence-electron chi connectivity index (χ2n) is 8.64. The first-order valence-electron chi connectivity index (χ1n) is 11.6. The van der Waals surface area contributed by atoms with Crippen molar-refractivity contribution < 1.29 is 32.2 Å². The first kappa shape index (κ1) is 25.6. The van der Waals surface area contributed by atoms with E-state index in [1.807, 2.05) is 18.2 Å². The number of rotatable bonds is 10. The van der Waals surface area contributed by atoms with Crippen LogP contribution in [0.25, 0.3) is 11.4 Å². The zero-order chi connectivity index (χ0) is 25.7. The number of carboxylic acids is 1. The van der Waals surface area contributed by atoms with E-state index >= 15 is 0 Å². The van der Waals surface area contributed by atoms with Gasteiger partial charge in [0.25, 0.3) is 0 Å². The second-order valence-corrected chi connectivity index (χ2v) is 8.64. The van der Waals surface area contributed by atoms with E-state index in [0.29, 0.717) is 25.1 Å². The van der Waals surface area contributed by atoms with E-state index in [9.17, 15) is 22.4 Å². The van der Waals surface area contributed by atoms with Crippen molar-refractivity contribution in [1.29, 1.82) is 0 Å². The quantitative estimate of drug-likeness (QED) is 0.286. The molecule has 10 heteroatoms. The summed E-state index contributed by atoms with van der Waals surface area (Å²) in [5.41, 5.74) is 1.91. The average molecular weight is 503 g/mol. The Morgan fingerprint density at radius 1 is 1.17 bits per heavy atom. The van der Waals surface area contributed by atoms with E-state index in [0.717, 1.165) is 48.0 Å². The lowest BCUT2D eigenvalue weighted by Gasteiger charge is -2.11. The topological polar surface area (TPSA) is 84.3 Å². The minimum atomic E-state index is -4.44. The van der Waals surface area contributed by atoms with E-state index in [1.165, 1.54) is 12.1 Å². The van der Waals surface area contributed by atoms with Crippen LogP contribution < -0.4 is 10.1 Å². The maximum absolute atomic E-state index is 14.1. The van der Waals surface area contributed by atoms with Crippen LogP contribution in [-0.4, -0.2) is 34.2 Å². The third kappa shape index (κ3) is 6.37. The third-order valence-electron chi connectivity index (χ3n) is 6.08. The molecule has 1 aliphatic carbocycles. The van der Waals surface area contributed by atoms with E-state index in [4.69, 9.17) is 9.84 Å². The Hall–Kier alpha value is -3.53. The predicted molar refractivity (Wildman–Crippen MR) is 124 cm³/mol. The Balaban J connectivity index is 1.24. The Morgan fingerprint density at radius 3 is 2.67 bits per heavy atom. The Labute approximate surface area is 205 Å². The number of hydrogen-bond acceptors (Lipinski definition) is 5. The maximum atomic E-state index is 14.1. The number of halogens is 4. The molecular formula is C26H25F4N3O3. The summed E-state index contributed by atoms with van der Waals surface area (Å²) in [6, 6.07) is 10.2. The number of hydrogen-bond donors (Lipinski definition) is 2. The van der Waals surface area contributed by atoms with Crippen LogP contribution in [0.15, 0.2) is 48.7 Å². The fourth-order valence-corrected chi connectivity index (χ4v) is 4.26. The fraction of sp³-hybridized carbons (Fsp3) is 0.346. The number of aryl methyl sites for hydroxylation is 1. The number of ether oxygens (including phenoxy) is 1. The van der Waals surface area contributed by atoms with Gasteiger partial charge < -0.3 is 15.2 Å². The van der Waals surface area contributed by atoms with Crippen LogP contribution in [0.3, 0.4) is 0 Å². The third-order valence-corrected chi connectivity index (χ3v) is 6.08. The average Bonchev–Trinajstić information content (AvgIpc) is 3.23. The molecule has 1 heterocycles. The summed E-state index contributed by atoms with van der Waals surface area (Å²) < 4.78 is 58.2. The smallest absolute Gasteiger partial charge is 0.416 e. The molecule has 1 atom stereocenters. The lowest BCUT2D eigenvalue weighted by molar-refractivity contribution is -0.138. The zero-order valence-electron chi connectivity index (χ0n) is 19.3. The first-order chi connectivity index (χ1) is 17.2. The summed E-state index contributed by atoms with van der Waals surface area (Å²) in [7, 11) is 0. The molecule has 0 fully saturated rings. The van der Waals surface area contributed by atoms with E-state index in [1.54, 1.807) is 0 Å². The van der Waals surface area contributed by atoms with Crippen molar-refractivity contribution in [3.05, 3.63) is 76.9 Å². The van der Waals surface area contributed by atoms with Crippen molar-refractivity contribution in [3.63, 3.8) is 0 Å². The summed E-state index contributed by atoms with van der Waals surface area (Å²) in [4.78, 5) is 19.0. The molecule has 1 aliphatic rings. The van der Waals surface area contributed by atoms with Crippen molar-refractivity contribution in [3.8, 4) is 17.1 Å². The highest BCUT2D eigenvalue weighted by atomic mass is 19.4. The van der Waals surface area contributed by atoms with Gasteiger partial charge >= 0.3 is 12.1 Å². The number of aliphatic carboxylic acids is 1. The van der Waals surface area contributed by atoms with E-state index in [-0.39, 0.29) is 30.4 Å². The van der Waals surface area contributed by atoms with Crippen LogP contribution in [-0.2, 0) is 23.9 Å². The number of aromatic nitrogens is 2. The molecule has 0 radical (unpaired) electrons. The van der Waals surface area contributed by atoms with Gasteiger partial charge in [-0.15, -0.1) is 0 Å². The SMILES string of the molecule is O=C(O)C[C@@H]1CCc2cc(OCCCNCc3nc(-c4ccc(C(F)(F)F)cc4)ncc3F)ccc21. The number of fused-ring (bicyclic) bond motifs is 1. The molecule has 0 saturated carbocycles. The van der Waals surface area contributed by atoms with Crippen molar-refractivity contribution in [1.82, 2.24) is 15.3 Å². The van der Waals surface area contributed by atoms with Gasteiger partial charge in [-0.05, 0) is 67.1 Å². The summed E-state index contributed by atoms with van der Waals surface area (Å²) >= 11 is 0. The van der Waals surface area contributed by atoms with Gasteiger partial charge in [-0.25, -0.2) is 14.4 Å². The van der Waals surface area contributed by atoms with Gasteiger partial charge in [0.05, 0.1) is 30.5 Å². The minimum Gasteiger partial charge on any atom is -0.494 e. The van der Waals surface area contributed by atoms with E-state index < -0.39 is 23.5 Å².